The molecule has 0 aliphatic rings. The van der Waals surface area contributed by atoms with Crippen molar-refractivity contribution in [2.75, 3.05) is 33.4 Å². The molecule has 0 aliphatic heterocycles. The number of nitrogens with two attached hydrogens (primary N) is 1. The predicted molar refractivity (Wildman–Crippen MR) is 61.6 cm³/mol. The SMILES string of the molecule is C=CCN(CCOC)C(=O)CCCCN. The molecule has 0 bridgehead atoms. The number of carbonyl (C=O) groups excluding carboxylic acids is 1. The van der Waals surface area contributed by atoms with Crippen molar-refractivity contribution in [3.63, 3.8) is 0 Å². The van der Waals surface area contributed by atoms with Crippen LogP contribution in [-0.2, 0) is 9.53 Å². The second kappa shape index (κ2) is 9.68. The van der Waals surface area contributed by atoms with Crippen molar-refractivity contribution in [1.29, 1.82) is 0 Å². The van der Waals surface area contributed by atoms with Gasteiger partial charge in [0.25, 0.3) is 0 Å². The number of nitrogens with zero attached hydrogens (tertiary/aromatic N) is 1. The molecule has 0 fully saturated rings. The smallest absolute Gasteiger partial charge is 0.222 e. The van der Waals surface area contributed by atoms with Crippen LogP contribution in [0.15, 0.2) is 12.7 Å². The van der Waals surface area contributed by atoms with Gasteiger partial charge in [-0.25, -0.2) is 0 Å². The molecule has 2 N–H and O–H groups in total. The average Bonchev–Trinajstić information content (AvgIpc) is 2.24. The van der Waals surface area contributed by atoms with Crippen LogP contribution < -0.4 is 5.73 Å². The minimum atomic E-state index is 0.153. The van der Waals surface area contributed by atoms with Gasteiger partial charge < -0.3 is 15.4 Å². The summed E-state index contributed by atoms with van der Waals surface area (Å²) in [5, 5.41) is 0. The van der Waals surface area contributed by atoms with Crippen LogP contribution in [0.1, 0.15) is 19.3 Å². The molecule has 0 unspecified atom stereocenters. The van der Waals surface area contributed by atoms with Gasteiger partial charge in [0.15, 0.2) is 0 Å². The zero-order valence-electron chi connectivity index (χ0n) is 9.58. The third-order valence-electron chi connectivity index (χ3n) is 2.11. The van der Waals surface area contributed by atoms with E-state index < -0.39 is 0 Å². The van der Waals surface area contributed by atoms with Crippen LogP contribution in [0.4, 0.5) is 0 Å². The lowest BCUT2D eigenvalue weighted by Crippen LogP contribution is -2.33. The number of ether oxygens (including phenoxy) is 1. The van der Waals surface area contributed by atoms with E-state index in [1.165, 1.54) is 0 Å². The highest BCUT2D eigenvalue weighted by Crippen LogP contribution is 2.00. The van der Waals surface area contributed by atoms with Crippen molar-refractivity contribution in [1.82, 2.24) is 4.90 Å². The monoisotopic (exact) mass is 214 g/mol. The van der Waals surface area contributed by atoms with E-state index in [0.29, 0.717) is 32.7 Å². The van der Waals surface area contributed by atoms with Crippen molar-refractivity contribution in [3.05, 3.63) is 12.7 Å². The second-order valence-corrected chi connectivity index (χ2v) is 3.37. The molecule has 0 aromatic carbocycles. The summed E-state index contributed by atoms with van der Waals surface area (Å²) in [7, 11) is 1.63. The van der Waals surface area contributed by atoms with Crippen molar-refractivity contribution in [2.45, 2.75) is 19.3 Å². The van der Waals surface area contributed by atoms with Gasteiger partial charge in [0, 0.05) is 26.6 Å². The van der Waals surface area contributed by atoms with Gasteiger partial charge in [-0.2, -0.15) is 0 Å². The average molecular weight is 214 g/mol. The van der Waals surface area contributed by atoms with E-state index >= 15 is 0 Å². The Balaban J connectivity index is 3.86. The number of methoxy groups -OCH3 is 1. The molecule has 0 saturated carbocycles. The van der Waals surface area contributed by atoms with Gasteiger partial charge in [-0.1, -0.05) is 6.08 Å². The minimum absolute atomic E-state index is 0.153. The highest BCUT2D eigenvalue weighted by Gasteiger charge is 2.10. The Bertz CT molecular complexity index is 183. The van der Waals surface area contributed by atoms with E-state index in [0.717, 1.165) is 12.8 Å². The summed E-state index contributed by atoms with van der Waals surface area (Å²) in [5.41, 5.74) is 5.37. The predicted octanol–water partition coefficient (Wildman–Crippen LogP) is 0.776. The third kappa shape index (κ3) is 7.11. The van der Waals surface area contributed by atoms with Crippen molar-refractivity contribution < 1.29 is 9.53 Å². The highest BCUT2D eigenvalue weighted by molar-refractivity contribution is 5.76. The highest BCUT2D eigenvalue weighted by atomic mass is 16.5. The quantitative estimate of drug-likeness (QED) is 0.456. The van der Waals surface area contributed by atoms with Gasteiger partial charge in [-0.3, -0.25) is 4.79 Å². The molecule has 15 heavy (non-hydrogen) atoms. The first-order chi connectivity index (χ1) is 7.26. The Hall–Kier alpha value is -0.870. The fraction of sp³-hybridized carbons (Fsp3) is 0.727. The third-order valence-corrected chi connectivity index (χ3v) is 2.11. The minimum Gasteiger partial charge on any atom is -0.383 e. The van der Waals surface area contributed by atoms with Crippen LogP contribution in [0.25, 0.3) is 0 Å². The lowest BCUT2D eigenvalue weighted by atomic mass is 10.2. The number of hydrogen-bond acceptors (Lipinski definition) is 3. The first kappa shape index (κ1) is 14.1. The Morgan fingerprint density at radius 2 is 2.27 bits per heavy atom. The largest absolute Gasteiger partial charge is 0.383 e. The Labute approximate surface area is 92.1 Å². The number of rotatable bonds is 9. The Morgan fingerprint density at radius 3 is 2.80 bits per heavy atom. The summed E-state index contributed by atoms with van der Waals surface area (Å²) in [6, 6.07) is 0. The van der Waals surface area contributed by atoms with Crippen LogP contribution >= 0.6 is 0 Å². The molecule has 0 saturated heterocycles. The topological polar surface area (TPSA) is 55.6 Å². The van der Waals surface area contributed by atoms with Crippen LogP contribution in [0.2, 0.25) is 0 Å². The van der Waals surface area contributed by atoms with Crippen LogP contribution in [0.5, 0.6) is 0 Å². The van der Waals surface area contributed by atoms with Gasteiger partial charge >= 0.3 is 0 Å². The molecule has 0 rings (SSSR count). The second-order valence-electron chi connectivity index (χ2n) is 3.37. The van der Waals surface area contributed by atoms with Crippen LogP contribution in [-0.4, -0.2) is 44.2 Å². The van der Waals surface area contributed by atoms with Gasteiger partial charge in [-0.05, 0) is 19.4 Å². The number of amides is 1. The van der Waals surface area contributed by atoms with E-state index in [-0.39, 0.29) is 5.91 Å². The zero-order chi connectivity index (χ0) is 11.5. The number of carbonyl (C=O) groups is 1. The molecule has 0 aromatic heterocycles. The van der Waals surface area contributed by atoms with Crippen molar-refractivity contribution in [2.24, 2.45) is 5.73 Å². The molecule has 1 amide bonds. The molecular formula is C11H22N2O2. The van der Waals surface area contributed by atoms with E-state index in [9.17, 15) is 4.79 Å². The Morgan fingerprint density at radius 1 is 1.53 bits per heavy atom. The maximum atomic E-state index is 11.7. The van der Waals surface area contributed by atoms with Gasteiger partial charge in [-0.15, -0.1) is 6.58 Å². The number of hydrogen-bond donors (Lipinski definition) is 1. The van der Waals surface area contributed by atoms with Crippen LogP contribution in [0.3, 0.4) is 0 Å². The van der Waals surface area contributed by atoms with E-state index in [1.807, 2.05) is 0 Å². The first-order valence-corrected chi connectivity index (χ1v) is 5.34. The first-order valence-electron chi connectivity index (χ1n) is 5.34. The summed E-state index contributed by atoms with van der Waals surface area (Å²) in [6.07, 6.45) is 4.05. The Kier molecular flexibility index (Phi) is 9.11. The molecule has 0 radical (unpaired) electrons. The van der Waals surface area contributed by atoms with Crippen LogP contribution in [0, 0.1) is 0 Å². The molecule has 0 heterocycles. The van der Waals surface area contributed by atoms with Gasteiger partial charge in [0.2, 0.25) is 5.91 Å². The number of unbranched alkanes of at least 4 members (excludes halogenated alkanes) is 1. The lowest BCUT2D eigenvalue weighted by Gasteiger charge is -2.20. The summed E-state index contributed by atoms with van der Waals surface area (Å²) < 4.78 is 4.95. The summed E-state index contributed by atoms with van der Waals surface area (Å²) >= 11 is 0. The molecule has 0 spiro atoms. The summed E-state index contributed by atoms with van der Waals surface area (Å²) in [6.45, 7) is 6.06. The molecule has 0 aliphatic carbocycles. The van der Waals surface area contributed by atoms with Gasteiger partial charge in [0.05, 0.1) is 6.61 Å². The van der Waals surface area contributed by atoms with E-state index in [4.69, 9.17) is 10.5 Å². The zero-order valence-corrected chi connectivity index (χ0v) is 9.58. The molecule has 0 aromatic rings. The molecule has 4 heteroatoms. The fourth-order valence-corrected chi connectivity index (χ4v) is 1.25. The molecule has 88 valence electrons. The van der Waals surface area contributed by atoms with E-state index in [2.05, 4.69) is 6.58 Å². The maximum Gasteiger partial charge on any atom is 0.222 e. The molecule has 0 atom stereocenters. The van der Waals surface area contributed by atoms with Gasteiger partial charge in [0.1, 0.15) is 0 Å². The molecular weight excluding hydrogens is 192 g/mol. The fourth-order valence-electron chi connectivity index (χ4n) is 1.25. The van der Waals surface area contributed by atoms with Crippen molar-refractivity contribution in [3.8, 4) is 0 Å². The lowest BCUT2D eigenvalue weighted by molar-refractivity contribution is -0.131. The molecule has 4 nitrogen and oxygen atoms in total. The standard InChI is InChI=1S/C11H22N2O2/c1-3-8-13(9-10-15-2)11(14)6-4-5-7-12/h3H,1,4-10,12H2,2H3. The van der Waals surface area contributed by atoms with E-state index in [1.54, 1.807) is 18.1 Å². The normalized spacial score (nSPS) is 10.0. The summed E-state index contributed by atoms with van der Waals surface area (Å²) in [5.74, 6) is 0.153. The maximum absolute atomic E-state index is 11.7. The van der Waals surface area contributed by atoms with Crippen molar-refractivity contribution >= 4 is 5.91 Å². The summed E-state index contributed by atoms with van der Waals surface area (Å²) in [4.78, 5) is 13.5.